The molecule has 0 unspecified atom stereocenters. The Bertz CT molecular complexity index is 645. The van der Waals surface area contributed by atoms with Crippen LogP contribution in [0.2, 0.25) is 0 Å². The predicted molar refractivity (Wildman–Crippen MR) is 84.5 cm³/mol. The fourth-order valence-corrected chi connectivity index (χ4v) is 4.60. The first kappa shape index (κ1) is 15.9. The molecule has 1 aliphatic rings. The van der Waals surface area contributed by atoms with Crippen LogP contribution >= 0.6 is 11.3 Å². The number of anilines is 2. The lowest BCUT2D eigenvalue weighted by Crippen LogP contribution is -2.32. The Labute approximate surface area is 128 Å². The average Bonchev–Trinajstić information content (AvgIpc) is 2.69. The van der Waals surface area contributed by atoms with Crippen LogP contribution in [0.4, 0.5) is 10.7 Å². The number of sulfone groups is 1. The summed E-state index contributed by atoms with van der Waals surface area (Å²) in [6.45, 7) is 3.78. The second-order valence-electron chi connectivity index (χ2n) is 5.35. The van der Waals surface area contributed by atoms with E-state index < -0.39 is 9.84 Å². The van der Waals surface area contributed by atoms with Crippen LogP contribution in [0.25, 0.3) is 0 Å². The van der Waals surface area contributed by atoms with E-state index in [1.807, 2.05) is 13.8 Å². The van der Waals surface area contributed by atoms with Crippen molar-refractivity contribution in [1.29, 1.82) is 5.26 Å². The molecule has 1 aromatic heterocycles. The number of nitrogens with zero attached hydrogens (tertiary/aromatic N) is 1. The number of hydrogen-bond acceptors (Lipinski definition) is 7. The molecule has 2 rings (SSSR count). The zero-order valence-corrected chi connectivity index (χ0v) is 13.7. The normalized spacial score (nSPS) is 18.4. The zero-order chi connectivity index (χ0) is 15.6. The van der Waals surface area contributed by atoms with E-state index in [9.17, 15) is 8.42 Å². The molecule has 0 spiro atoms. The maximum atomic E-state index is 11.5. The van der Waals surface area contributed by atoms with E-state index >= 15 is 0 Å². The van der Waals surface area contributed by atoms with Crippen LogP contribution in [-0.4, -0.2) is 32.1 Å². The molecule has 1 saturated heterocycles. The Morgan fingerprint density at radius 3 is 2.57 bits per heavy atom. The summed E-state index contributed by atoms with van der Waals surface area (Å²) in [5.74, 6) is 0.883. The third-order valence-electron chi connectivity index (χ3n) is 3.24. The van der Waals surface area contributed by atoms with Crippen molar-refractivity contribution >= 4 is 31.9 Å². The van der Waals surface area contributed by atoms with Gasteiger partial charge in [0.05, 0.1) is 17.6 Å². The molecule has 0 atom stereocenters. The molecule has 116 valence electrons. The summed E-state index contributed by atoms with van der Waals surface area (Å²) in [5, 5.41) is 13.1. The van der Waals surface area contributed by atoms with E-state index in [1.54, 1.807) is 0 Å². The lowest BCUT2D eigenvalue weighted by molar-refractivity contribution is 0.245. The van der Waals surface area contributed by atoms with Gasteiger partial charge >= 0.3 is 0 Å². The summed E-state index contributed by atoms with van der Waals surface area (Å²) < 4.78 is 28.6. The molecule has 0 aromatic carbocycles. The maximum Gasteiger partial charge on any atom is 0.178 e. The third-order valence-corrected chi connectivity index (χ3v) is 5.98. The standard InChI is InChI=1S/C13H19N3O3S2/c1-8(2)19-12-11(15)10(7-14)20-13(12)16-9-3-5-21(17,18)6-4-9/h8-9,16H,3-6,15H2,1-2H3. The van der Waals surface area contributed by atoms with Crippen LogP contribution in [0.5, 0.6) is 5.75 Å². The third kappa shape index (κ3) is 3.80. The molecule has 1 aromatic rings. The summed E-state index contributed by atoms with van der Waals surface area (Å²) >= 11 is 1.25. The summed E-state index contributed by atoms with van der Waals surface area (Å²) in [7, 11) is -2.89. The number of nitrogens with one attached hydrogen (secondary N) is 1. The first-order valence-corrected chi connectivity index (χ1v) is 9.42. The largest absolute Gasteiger partial charge is 0.486 e. The maximum absolute atomic E-state index is 11.5. The number of rotatable bonds is 4. The van der Waals surface area contributed by atoms with Crippen LogP contribution in [0.3, 0.4) is 0 Å². The summed E-state index contributed by atoms with van der Waals surface area (Å²) in [6, 6.07) is 2.12. The van der Waals surface area contributed by atoms with Gasteiger partial charge in [0.15, 0.2) is 5.75 Å². The first-order valence-electron chi connectivity index (χ1n) is 6.78. The second kappa shape index (κ2) is 6.12. The Morgan fingerprint density at radius 1 is 1.43 bits per heavy atom. The summed E-state index contributed by atoms with van der Waals surface area (Å²) in [6.07, 6.45) is 1.06. The minimum Gasteiger partial charge on any atom is -0.486 e. The van der Waals surface area contributed by atoms with E-state index in [0.29, 0.717) is 34.2 Å². The van der Waals surface area contributed by atoms with Crippen molar-refractivity contribution in [1.82, 2.24) is 0 Å². The van der Waals surface area contributed by atoms with Gasteiger partial charge in [-0.2, -0.15) is 5.26 Å². The minimum absolute atomic E-state index is 0.0549. The number of nitriles is 1. The van der Waals surface area contributed by atoms with E-state index in [2.05, 4.69) is 11.4 Å². The minimum atomic E-state index is -2.89. The SMILES string of the molecule is CC(C)Oc1c(NC2CCS(=O)(=O)CC2)sc(C#N)c1N. The van der Waals surface area contributed by atoms with E-state index in [0.717, 1.165) is 0 Å². The molecule has 1 aliphatic heterocycles. The average molecular weight is 329 g/mol. The Morgan fingerprint density at radius 2 is 2.05 bits per heavy atom. The van der Waals surface area contributed by atoms with Crippen LogP contribution in [0, 0.1) is 11.3 Å². The quantitative estimate of drug-likeness (QED) is 0.875. The zero-order valence-electron chi connectivity index (χ0n) is 12.0. The molecule has 0 amide bonds. The fraction of sp³-hybridized carbons (Fsp3) is 0.615. The van der Waals surface area contributed by atoms with Gasteiger partial charge in [-0.3, -0.25) is 0 Å². The smallest absolute Gasteiger partial charge is 0.178 e. The topological polar surface area (TPSA) is 105 Å². The molecular weight excluding hydrogens is 310 g/mol. The van der Waals surface area contributed by atoms with Crippen LogP contribution < -0.4 is 15.8 Å². The molecule has 0 radical (unpaired) electrons. The van der Waals surface area contributed by atoms with Gasteiger partial charge in [0.1, 0.15) is 31.5 Å². The number of ether oxygens (including phenoxy) is 1. The van der Waals surface area contributed by atoms with Crippen LogP contribution in [0.15, 0.2) is 0 Å². The lowest BCUT2D eigenvalue weighted by Gasteiger charge is -2.24. The molecule has 0 saturated carbocycles. The highest BCUT2D eigenvalue weighted by Crippen LogP contribution is 2.43. The molecule has 1 fully saturated rings. The highest BCUT2D eigenvalue weighted by Gasteiger charge is 2.26. The van der Waals surface area contributed by atoms with Crippen molar-refractivity contribution in [3.63, 3.8) is 0 Å². The van der Waals surface area contributed by atoms with Crippen molar-refractivity contribution in [3.05, 3.63) is 4.88 Å². The van der Waals surface area contributed by atoms with Gasteiger partial charge in [-0.1, -0.05) is 0 Å². The molecule has 8 heteroatoms. The van der Waals surface area contributed by atoms with Crippen molar-refractivity contribution in [3.8, 4) is 11.8 Å². The van der Waals surface area contributed by atoms with Gasteiger partial charge in [0.2, 0.25) is 0 Å². The molecule has 0 aliphatic carbocycles. The van der Waals surface area contributed by atoms with Gasteiger partial charge in [-0.15, -0.1) is 11.3 Å². The molecule has 6 nitrogen and oxygen atoms in total. The fourth-order valence-electron chi connectivity index (χ4n) is 2.18. The predicted octanol–water partition coefficient (Wildman–Crippen LogP) is 1.98. The first-order chi connectivity index (χ1) is 9.82. The lowest BCUT2D eigenvalue weighted by atomic mass is 10.1. The van der Waals surface area contributed by atoms with Crippen LogP contribution in [0.1, 0.15) is 31.6 Å². The molecular formula is C13H19N3O3S2. The van der Waals surface area contributed by atoms with E-state index in [1.165, 1.54) is 11.3 Å². The Hall–Kier alpha value is -1.46. The Balaban J connectivity index is 2.18. The molecule has 2 heterocycles. The van der Waals surface area contributed by atoms with Gasteiger partial charge < -0.3 is 15.8 Å². The summed E-state index contributed by atoms with van der Waals surface area (Å²) in [4.78, 5) is 0.414. The monoisotopic (exact) mass is 329 g/mol. The second-order valence-corrected chi connectivity index (χ2v) is 8.68. The number of nitrogen functional groups attached to an aromatic ring is 1. The van der Waals surface area contributed by atoms with E-state index in [-0.39, 0.29) is 23.7 Å². The Kier molecular flexibility index (Phi) is 4.64. The highest BCUT2D eigenvalue weighted by molar-refractivity contribution is 7.91. The number of nitrogens with two attached hydrogens (primary N) is 1. The van der Waals surface area contributed by atoms with Gasteiger partial charge in [0.25, 0.3) is 0 Å². The van der Waals surface area contributed by atoms with Crippen molar-refractivity contribution in [2.75, 3.05) is 22.6 Å². The van der Waals surface area contributed by atoms with Gasteiger partial charge in [0, 0.05) is 6.04 Å². The van der Waals surface area contributed by atoms with Crippen molar-refractivity contribution in [2.24, 2.45) is 0 Å². The molecule has 0 bridgehead atoms. The van der Waals surface area contributed by atoms with E-state index in [4.69, 9.17) is 15.7 Å². The van der Waals surface area contributed by atoms with Crippen LogP contribution in [-0.2, 0) is 9.84 Å². The molecule has 3 N–H and O–H groups in total. The summed E-state index contributed by atoms with van der Waals surface area (Å²) in [5.41, 5.74) is 6.29. The van der Waals surface area contributed by atoms with Crippen molar-refractivity contribution in [2.45, 2.75) is 38.8 Å². The highest BCUT2D eigenvalue weighted by atomic mass is 32.2. The van der Waals surface area contributed by atoms with Crippen molar-refractivity contribution < 1.29 is 13.2 Å². The number of thiophene rings is 1. The van der Waals surface area contributed by atoms with Gasteiger partial charge in [-0.25, -0.2) is 8.42 Å². The number of hydrogen-bond donors (Lipinski definition) is 2. The molecule has 21 heavy (non-hydrogen) atoms. The van der Waals surface area contributed by atoms with Gasteiger partial charge in [-0.05, 0) is 26.7 Å².